The summed E-state index contributed by atoms with van der Waals surface area (Å²) in [4.78, 5) is 30.0. The molecule has 4 rings (SSSR count). The molecule has 1 N–H and O–H groups in total. The summed E-state index contributed by atoms with van der Waals surface area (Å²) in [5, 5.41) is 3.64. The standard InChI is InChI=1S/C36H39Cl2N3O4S/c1-4-5-22-39-36(43)34(23-28-13-7-6-8-14-28)40(24-30-31(37)15-11-16-32(30)38)35(42)25-41(33-17-10-9-12-27(33)3)46(44,45)29-20-18-26(2)19-21-29/h6-21,34H,4-5,22-25H2,1-3H3,(H,39,43)/t34-/m0/s1. The third kappa shape index (κ3) is 8.69. The van der Waals surface area contributed by atoms with Gasteiger partial charge in [0, 0.05) is 35.1 Å². The summed E-state index contributed by atoms with van der Waals surface area (Å²) in [6.07, 6.45) is 1.84. The summed E-state index contributed by atoms with van der Waals surface area (Å²) < 4.78 is 29.6. The molecule has 1 atom stereocenters. The van der Waals surface area contributed by atoms with Crippen molar-refractivity contribution in [2.75, 3.05) is 17.4 Å². The van der Waals surface area contributed by atoms with Gasteiger partial charge in [-0.15, -0.1) is 0 Å². The number of aryl methyl sites for hydroxylation is 2. The third-order valence-electron chi connectivity index (χ3n) is 7.76. The van der Waals surface area contributed by atoms with Crippen molar-refractivity contribution in [2.24, 2.45) is 0 Å². The highest BCUT2D eigenvalue weighted by Gasteiger charge is 2.35. The Kier molecular flexibility index (Phi) is 12.3. The topological polar surface area (TPSA) is 86.8 Å². The number of sulfonamides is 1. The van der Waals surface area contributed by atoms with Gasteiger partial charge < -0.3 is 10.2 Å². The van der Waals surface area contributed by atoms with Crippen LogP contribution in [0.15, 0.2) is 102 Å². The summed E-state index contributed by atoms with van der Waals surface area (Å²) in [7, 11) is -4.20. The van der Waals surface area contributed by atoms with E-state index in [-0.39, 0.29) is 23.8 Å². The van der Waals surface area contributed by atoms with Crippen LogP contribution in [0.1, 0.15) is 42.0 Å². The minimum atomic E-state index is -4.20. The zero-order valence-corrected chi connectivity index (χ0v) is 28.6. The van der Waals surface area contributed by atoms with Crippen molar-refractivity contribution in [2.45, 2.75) is 57.5 Å². The lowest BCUT2D eigenvalue weighted by Crippen LogP contribution is -2.53. The largest absolute Gasteiger partial charge is 0.354 e. The second-order valence-electron chi connectivity index (χ2n) is 11.2. The number of hydrogen-bond donors (Lipinski definition) is 1. The van der Waals surface area contributed by atoms with Crippen LogP contribution in [-0.4, -0.2) is 44.3 Å². The Morgan fingerprint density at radius 1 is 0.826 bits per heavy atom. The van der Waals surface area contributed by atoms with Gasteiger partial charge in [-0.05, 0) is 61.7 Å². The molecule has 0 unspecified atom stereocenters. The molecule has 0 spiro atoms. The predicted molar refractivity (Wildman–Crippen MR) is 186 cm³/mol. The molecule has 4 aromatic carbocycles. The molecule has 0 saturated heterocycles. The molecular weight excluding hydrogens is 641 g/mol. The first-order valence-corrected chi connectivity index (χ1v) is 17.4. The molecule has 242 valence electrons. The fourth-order valence-electron chi connectivity index (χ4n) is 5.11. The van der Waals surface area contributed by atoms with Gasteiger partial charge in [-0.2, -0.15) is 0 Å². The molecule has 0 aliphatic rings. The molecule has 0 aliphatic heterocycles. The maximum atomic E-state index is 14.6. The number of carbonyl (C=O) groups is 2. The van der Waals surface area contributed by atoms with Gasteiger partial charge in [0.1, 0.15) is 12.6 Å². The molecule has 2 amide bonds. The van der Waals surface area contributed by atoms with Gasteiger partial charge in [-0.25, -0.2) is 8.42 Å². The lowest BCUT2D eigenvalue weighted by atomic mass is 10.0. The Labute approximate surface area is 282 Å². The van der Waals surface area contributed by atoms with Crippen molar-refractivity contribution in [3.05, 3.63) is 129 Å². The van der Waals surface area contributed by atoms with Crippen LogP contribution < -0.4 is 9.62 Å². The zero-order valence-electron chi connectivity index (χ0n) is 26.2. The van der Waals surface area contributed by atoms with E-state index in [4.69, 9.17) is 23.2 Å². The Morgan fingerprint density at radius 3 is 2.09 bits per heavy atom. The van der Waals surface area contributed by atoms with Crippen LogP contribution in [0.5, 0.6) is 0 Å². The van der Waals surface area contributed by atoms with Crippen molar-refractivity contribution in [1.29, 1.82) is 0 Å². The summed E-state index contributed by atoms with van der Waals surface area (Å²) in [6, 6.07) is 26.9. The van der Waals surface area contributed by atoms with E-state index in [2.05, 4.69) is 5.32 Å². The lowest BCUT2D eigenvalue weighted by Gasteiger charge is -2.34. The number of para-hydroxylation sites is 1. The number of nitrogens with one attached hydrogen (secondary N) is 1. The Morgan fingerprint density at radius 2 is 1.46 bits per heavy atom. The quantitative estimate of drug-likeness (QED) is 0.141. The monoisotopic (exact) mass is 679 g/mol. The lowest BCUT2D eigenvalue weighted by molar-refractivity contribution is -0.140. The summed E-state index contributed by atoms with van der Waals surface area (Å²) in [6.45, 7) is 5.45. The second kappa shape index (κ2) is 16.1. The van der Waals surface area contributed by atoms with Crippen molar-refractivity contribution in [3.63, 3.8) is 0 Å². The van der Waals surface area contributed by atoms with Crippen LogP contribution in [0.25, 0.3) is 0 Å². The first kappa shape index (κ1) is 35.0. The number of halogens is 2. The molecule has 0 aromatic heterocycles. The third-order valence-corrected chi connectivity index (χ3v) is 10.2. The predicted octanol–water partition coefficient (Wildman–Crippen LogP) is 7.36. The molecular formula is C36H39Cl2N3O4S. The van der Waals surface area contributed by atoms with E-state index in [1.165, 1.54) is 17.0 Å². The number of hydrogen-bond acceptors (Lipinski definition) is 4. The van der Waals surface area contributed by atoms with Crippen LogP contribution in [0.3, 0.4) is 0 Å². The fraction of sp³-hybridized carbons (Fsp3) is 0.278. The zero-order chi connectivity index (χ0) is 33.3. The minimum Gasteiger partial charge on any atom is -0.354 e. The van der Waals surface area contributed by atoms with Gasteiger partial charge in [0.2, 0.25) is 11.8 Å². The van der Waals surface area contributed by atoms with Crippen molar-refractivity contribution >= 4 is 50.7 Å². The molecule has 0 fully saturated rings. The molecule has 0 bridgehead atoms. The average molecular weight is 681 g/mol. The highest BCUT2D eigenvalue weighted by atomic mass is 35.5. The number of unbranched alkanes of at least 4 members (excludes halogenated alkanes) is 1. The molecule has 0 aliphatic carbocycles. The maximum absolute atomic E-state index is 14.6. The first-order chi connectivity index (χ1) is 22.0. The minimum absolute atomic E-state index is 0.0491. The van der Waals surface area contributed by atoms with Gasteiger partial charge in [0.15, 0.2) is 0 Å². The molecule has 7 nitrogen and oxygen atoms in total. The molecule has 10 heteroatoms. The van der Waals surface area contributed by atoms with Crippen molar-refractivity contribution in [1.82, 2.24) is 10.2 Å². The Balaban J connectivity index is 1.83. The smallest absolute Gasteiger partial charge is 0.264 e. The van der Waals surface area contributed by atoms with Crippen molar-refractivity contribution in [3.8, 4) is 0 Å². The van der Waals surface area contributed by atoms with Gasteiger partial charge >= 0.3 is 0 Å². The highest BCUT2D eigenvalue weighted by Crippen LogP contribution is 2.30. The number of anilines is 1. The SMILES string of the molecule is CCCCNC(=O)[C@H](Cc1ccccc1)N(Cc1c(Cl)cccc1Cl)C(=O)CN(c1ccccc1C)S(=O)(=O)c1ccc(C)cc1. The first-order valence-electron chi connectivity index (χ1n) is 15.2. The summed E-state index contributed by atoms with van der Waals surface area (Å²) >= 11 is 13.2. The molecule has 46 heavy (non-hydrogen) atoms. The molecule has 4 aromatic rings. The summed E-state index contributed by atoms with van der Waals surface area (Å²) in [5.74, 6) is -0.931. The van der Waals surface area contributed by atoms with Gasteiger partial charge in [0.25, 0.3) is 10.0 Å². The summed E-state index contributed by atoms with van der Waals surface area (Å²) in [5.41, 5.74) is 3.23. The fourth-order valence-corrected chi connectivity index (χ4v) is 7.10. The average Bonchev–Trinajstić information content (AvgIpc) is 3.04. The van der Waals surface area contributed by atoms with Gasteiger partial charge in [-0.3, -0.25) is 13.9 Å². The van der Waals surface area contributed by atoms with Crippen LogP contribution in [-0.2, 0) is 32.6 Å². The van der Waals surface area contributed by atoms with E-state index < -0.39 is 28.5 Å². The molecule has 0 saturated carbocycles. The Hall–Kier alpha value is -3.85. The van der Waals surface area contributed by atoms with E-state index in [0.717, 1.165) is 28.3 Å². The number of rotatable bonds is 14. The molecule has 0 radical (unpaired) electrons. The maximum Gasteiger partial charge on any atom is 0.264 e. The van der Waals surface area contributed by atoms with Crippen LogP contribution in [0.2, 0.25) is 10.0 Å². The van der Waals surface area contributed by atoms with Crippen LogP contribution >= 0.6 is 23.2 Å². The van der Waals surface area contributed by atoms with E-state index in [9.17, 15) is 18.0 Å². The number of nitrogens with zero attached hydrogens (tertiary/aromatic N) is 2. The Bertz CT molecular complexity index is 1730. The van der Waals surface area contributed by atoms with Crippen LogP contribution in [0, 0.1) is 13.8 Å². The number of benzene rings is 4. The molecule has 0 heterocycles. The van der Waals surface area contributed by atoms with E-state index in [0.29, 0.717) is 33.4 Å². The van der Waals surface area contributed by atoms with E-state index in [1.54, 1.807) is 61.5 Å². The van der Waals surface area contributed by atoms with E-state index in [1.807, 2.05) is 44.2 Å². The normalized spacial score (nSPS) is 11.9. The van der Waals surface area contributed by atoms with Crippen molar-refractivity contribution < 1.29 is 18.0 Å². The number of amides is 2. The van der Waals surface area contributed by atoms with E-state index >= 15 is 0 Å². The highest BCUT2D eigenvalue weighted by molar-refractivity contribution is 7.92. The number of carbonyl (C=O) groups excluding carboxylic acids is 2. The van der Waals surface area contributed by atoms with Crippen LogP contribution in [0.4, 0.5) is 5.69 Å². The second-order valence-corrected chi connectivity index (χ2v) is 13.9. The van der Waals surface area contributed by atoms with Gasteiger partial charge in [0.05, 0.1) is 10.6 Å². The van der Waals surface area contributed by atoms with Gasteiger partial charge in [-0.1, -0.05) is 109 Å².